The lowest BCUT2D eigenvalue weighted by atomic mass is 10.0. The van der Waals surface area contributed by atoms with Crippen LogP contribution in [-0.4, -0.2) is 23.9 Å². The average Bonchev–Trinajstić information content (AvgIpc) is 2.80. The molecule has 1 aliphatic rings. The lowest BCUT2D eigenvalue weighted by Crippen LogP contribution is -2.27. The molecule has 0 saturated carbocycles. The van der Waals surface area contributed by atoms with Gasteiger partial charge in [0, 0.05) is 19.5 Å². The van der Waals surface area contributed by atoms with E-state index in [2.05, 4.69) is 30.7 Å². The third-order valence-corrected chi connectivity index (χ3v) is 4.84. The first kappa shape index (κ1) is 13.5. The Hall–Kier alpha value is -0.900. The zero-order chi connectivity index (χ0) is 13.1. The monoisotopic (exact) mass is 266 g/mol. The summed E-state index contributed by atoms with van der Waals surface area (Å²) in [4.78, 5) is 19.7. The van der Waals surface area contributed by atoms with Gasteiger partial charge in [-0.05, 0) is 25.7 Å². The molecule has 0 aromatic carbocycles. The van der Waals surface area contributed by atoms with Gasteiger partial charge in [-0.2, -0.15) is 0 Å². The maximum Gasteiger partial charge on any atom is 0.186 e. The van der Waals surface area contributed by atoms with Crippen LogP contribution in [0.25, 0.3) is 0 Å². The summed E-state index contributed by atoms with van der Waals surface area (Å²) in [6.45, 7) is 8.64. The summed E-state index contributed by atoms with van der Waals surface area (Å²) >= 11 is 1.59. The maximum absolute atomic E-state index is 11.8. The Bertz CT molecular complexity index is 427. The van der Waals surface area contributed by atoms with Crippen LogP contribution in [0.3, 0.4) is 0 Å². The second-order valence-corrected chi connectivity index (χ2v) is 6.08. The number of aromatic nitrogens is 1. The van der Waals surface area contributed by atoms with Crippen LogP contribution in [-0.2, 0) is 6.42 Å². The molecular weight excluding hydrogens is 244 g/mol. The number of thiazole rings is 1. The van der Waals surface area contributed by atoms with E-state index >= 15 is 0 Å². The first-order valence-electron chi connectivity index (χ1n) is 6.93. The Morgan fingerprint density at radius 3 is 2.78 bits per heavy atom. The number of Topliss-reactive ketones (excluding diaryl/α,β-unsaturated/α-hetero) is 1. The molecule has 0 spiro atoms. The number of nitrogens with zero attached hydrogens (tertiary/aromatic N) is 2. The van der Waals surface area contributed by atoms with Crippen LogP contribution < -0.4 is 4.90 Å². The van der Waals surface area contributed by atoms with Gasteiger partial charge in [0.05, 0.1) is 10.6 Å². The van der Waals surface area contributed by atoms with Crippen LogP contribution >= 0.6 is 11.3 Å². The summed E-state index contributed by atoms with van der Waals surface area (Å²) in [6, 6.07) is 0. The average molecular weight is 266 g/mol. The third kappa shape index (κ3) is 2.74. The number of anilines is 1. The van der Waals surface area contributed by atoms with Crippen molar-refractivity contribution < 1.29 is 4.79 Å². The molecule has 1 heterocycles. The highest BCUT2D eigenvalue weighted by Gasteiger charge is 2.24. The molecule has 4 heteroatoms. The molecule has 0 N–H and O–H groups in total. The van der Waals surface area contributed by atoms with Gasteiger partial charge in [0.15, 0.2) is 10.9 Å². The number of fused-ring (bicyclic) bond motifs is 1. The van der Waals surface area contributed by atoms with Gasteiger partial charge in [-0.15, -0.1) is 0 Å². The largest absolute Gasteiger partial charge is 0.348 e. The summed E-state index contributed by atoms with van der Waals surface area (Å²) < 4.78 is 0. The number of aryl methyl sites for hydroxylation is 1. The second kappa shape index (κ2) is 5.83. The van der Waals surface area contributed by atoms with E-state index in [0.29, 0.717) is 18.1 Å². The summed E-state index contributed by atoms with van der Waals surface area (Å²) in [5, 5.41) is 1.04. The van der Waals surface area contributed by atoms with Crippen LogP contribution in [0.4, 0.5) is 5.13 Å². The Balaban J connectivity index is 2.19. The number of ketones is 1. The fourth-order valence-corrected chi connectivity index (χ4v) is 3.39. The second-order valence-electron chi connectivity index (χ2n) is 5.10. The van der Waals surface area contributed by atoms with E-state index in [4.69, 9.17) is 0 Å². The lowest BCUT2D eigenvalue weighted by Gasteiger charge is -2.23. The highest BCUT2D eigenvalue weighted by Crippen LogP contribution is 2.32. The van der Waals surface area contributed by atoms with Crippen molar-refractivity contribution in [3.05, 3.63) is 10.6 Å². The van der Waals surface area contributed by atoms with Gasteiger partial charge in [-0.1, -0.05) is 31.6 Å². The Morgan fingerprint density at radius 2 is 2.17 bits per heavy atom. The van der Waals surface area contributed by atoms with Crippen LogP contribution in [0.1, 0.15) is 55.4 Å². The van der Waals surface area contributed by atoms with E-state index in [1.165, 1.54) is 6.42 Å². The molecule has 0 radical (unpaired) electrons. The van der Waals surface area contributed by atoms with E-state index in [9.17, 15) is 4.79 Å². The number of rotatable bonds is 5. The van der Waals surface area contributed by atoms with Crippen molar-refractivity contribution in [1.82, 2.24) is 4.98 Å². The van der Waals surface area contributed by atoms with Gasteiger partial charge in [0.25, 0.3) is 0 Å². The van der Waals surface area contributed by atoms with Crippen molar-refractivity contribution in [1.29, 1.82) is 0 Å². The fraction of sp³-hybridized carbons (Fsp3) is 0.714. The van der Waals surface area contributed by atoms with Gasteiger partial charge in [0.1, 0.15) is 0 Å². The molecule has 3 nitrogen and oxygen atoms in total. The zero-order valence-corrected chi connectivity index (χ0v) is 12.3. The highest BCUT2D eigenvalue weighted by molar-refractivity contribution is 7.17. The summed E-state index contributed by atoms with van der Waals surface area (Å²) in [5.41, 5.74) is 1.04. The molecule has 0 aliphatic heterocycles. The van der Waals surface area contributed by atoms with E-state index < -0.39 is 0 Å². The van der Waals surface area contributed by atoms with Crippen molar-refractivity contribution in [2.24, 2.45) is 5.92 Å². The first-order valence-corrected chi connectivity index (χ1v) is 7.75. The molecule has 1 aromatic heterocycles. The lowest BCUT2D eigenvalue weighted by molar-refractivity contribution is 0.0976. The van der Waals surface area contributed by atoms with E-state index in [0.717, 1.165) is 41.6 Å². The van der Waals surface area contributed by atoms with Gasteiger partial charge >= 0.3 is 0 Å². The molecule has 1 aliphatic carbocycles. The molecule has 0 amide bonds. The fourth-order valence-electron chi connectivity index (χ4n) is 2.24. The van der Waals surface area contributed by atoms with E-state index in [1.807, 2.05) is 0 Å². The zero-order valence-electron chi connectivity index (χ0n) is 11.5. The minimum atomic E-state index is 0.291. The van der Waals surface area contributed by atoms with Gasteiger partial charge < -0.3 is 4.90 Å². The minimum Gasteiger partial charge on any atom is -0.348 e. The van der Waals surface area contributed by atoms with E-state index in [-0.39, 0.29) is 0 Å². The summed E-state index contributed by atoms with van der Waals surface area (Å²) in [5.74, 6) is 0.959. The normalized spacial score (nSPS) is 16.5. The molecular formula is C14H22N2OS. The molecule has 2 rings (SSSR count). The van der Waals surface area contributed by atoms with Crippen LogP contribution in [0.5, 0.6) is 0 Å². The van der Waals surface area contributed by atoms with Crippen molar-refractivity contribution in [2.45, 2.75) is 46.5 Å². The van der Waals surface area contributed by atoms with Gasteiger partial charge in [0.2, 0.25) is 0 Å². The molecule has 0 fully saturated rings. The van der Waals surface area contributed by atoms with Gasteiger partial charge in [-0.3, -0.25) is 4.79 Å². The van der Waals surface area contributed by atoms with E-state index in [1.54, 1.807) is 11.3 Å². The summed E-state index contributed by atoms with van der Waals surface area (Å²) in [6.07, 6.45) is 3.82. The molecule has 100 valence electrons. The third-order valence-electron chi connectivity index (χ3n) is 3.64. The number of hydrogen-bond donors (Lipinski definition) is 0. The molecule has 1 aromatic rings. The Kier molecular flexibility index (Phi) is 4.38. The number of hydrogen-bond acceptors (Lipinski definition) is 4. The molecule has 18 heavy (non-hydrogen) atoms. The predicted molar refractivity (Wildman–Crippen MR) is 76.7 cm³/mol. The van der Waals surface area contributed by atoms with Crippen LogP contribution in [0.15, 0.2) is 0 Å². The molecule has 1 atom stereocenters. The Morgan fingerprint density at radius 1 is 1.39 bits per heavy atom. The van der Waals surface area contributed by atoms with Crippen molar-refractivity contribution in [2.75, 3.05) is 18.0 Å². The van der Waals surface area contributed by atoms with Gasteiger partial charge in [-0.25, -0.2) is 4.98 Å². The summed E-state index contributed by atoms with van der Waals surface area (Å²) in [7, 11) is 0. The van der Waals surface area contributed by atoms with Crippen molar-refractivity contribution in [3.63, 3.8) is 0 Å². The number of carbonyl (C=O) groups excluding carboxylic acids is 1. The Labute approximate surface area is 113 Å². The number of carbonyl (C=O) groups is 1. The maximum atomic E-state index is 11.8. The molecule has 0 saturated heterocycles. The topological polar surface area (TPSA) is 33.2 Å². The minimum absolute atomic E-state index is 0.291. The highest BCUT2D eigenvalue weighted by atomic mass is 32.1. The molecule has 0 bridgehead atoms. The SMILES string of the molecule is CCC(C)CN(CC)c1nc2c(s1)C(=O)CCC2. The molecule has 1 unspecified atom stereocenters. The van der Waals surface area contributed by atoms with Crippen LogP contribution in [0, 0.1) is 5.92 Å². The van der Waals surface area contributed by atoms with Crippen molar-refractivity contribution >= 4 is 22.3 Å². The smallest absolute Gasteiger partial charge is 0.186 e. The van der Waals surface area contributed by atoms with Crippen LogP contribution in [0.2, 0.25) is 0 Å². The quantitative estimate of drug-likeness (QED) is 0.817. The van der Waals surface area contributed by atoms with Crippen molar-refractivity contribution in [3.8, 4) is 0 Å². The predicted octanol–water partition coefficient (Wildman–Crippen LogP) is 3.53. The first-order chi connectivity index (χ1) is 8.65. The standard InChI is InChI=1S/C14H22N2OS/c1-4-10(3)9-16(5-2)14-15-11-7-6-8-12(17)13(11)18-14/h10H,4-9H2,1-3H3.